The van der Waals surface area contributed by atoms with Gasteiger partial charge in [-0.2, -0.15) is 0 Å². The van der Waals surface area contributed by atoms with Crippen LogP contribution in [0, 0.1) is 5.82 Å². The summed E-state index contributed by atoms with van der Waals surface area (Å²) >= 11 is 1.06. The zero-order valence-corrected chi connectivity index (χ0v) is 7.38. The van der Waals surface area contributed by atoms with E-state index in [1.807, 2.05) is 0 Å². The first-order chi connectivity index (χ1) is 6.29. The number of nitrogen functional groups attached to an aromatic ring is 1. The first kappa shape index (κ1) is 8.12. The Morgan fingerprint density at radius 2 is 2.08 bits per heavy atom. The maximum Gasteiger partial charge on any atom is 0.135 e. The van der Waals surface area contributed by atoms with Gasteiger partial charge in [-0.3, -0.25) is 0 Å². The van der Waals surface area contributed by atoms with E-state index < -0.39 is 0 Å². The lowest BCUT2D eigenvalue weighted by Gasteiger charge is -1.97. The van der Waals surface area contributed by atoms with Crippen molar-refractivity contribution in [3.05, 3.63) is 30.1 Å². The molecule has 0 unspecified atom stereocenters. The topological polar surface area (TPSA) is 51.8 Å². The molecule has 0 atom stereocenters. The van der Waals surface area contributed by atoms with Gasteiger partial charge in [0.15, 0.2) is 0 Å². The third kappa shape index (κ3) is 1.38. The number of aromatic nitrogens is 2. The van der Waals surface area contributed by atoms with E-state index in [2.05, 4.69) is 9.59 Å². The SMILES string of the molecule is Nc1snnc1-c1ccccc1F. The molecule has 5 heteroatoms. The summed E-state index contributed by atoms with van der Waals surface area (Å²) in [6, 6.07) is 6.35. The van der Waals surface area contributed by atoms with Gasteiger partial charge in [-0.05, 0) is 12.1 Å². The fourth-order valence-electron chi connectivity index (χ4n) is 1.04. The molecule has 66 valence electrons. The smallest absolute Gasteiger partial charge is 0.135 e. The van der Waals surface area contributed by atoms with Gasteiger partial charge in [-0.1, -0.05) is 16.6 Å². The van der Waals surface area contributed by atoms with Gasteiger partial charge in [0.05, 0.1) is 0 Å². The van der Waals surface area contributed by atoms with Crippen LogP contribution in [-0.4, -0.2) is 9.59 Å². The Kier molecular flexibility index (Phi) is 1.94. The van der Waals surface area contributed by atoms with E-state index in [0.717, 1.165) is 11.5 Å². The molecule has 0 aliphatic rings. The number of hydrogen-bond donors (Lipinski definition) is 1. The largest absolute Gasteiger partial charge is 0.387 e. The third-order valence-corrected chi connectivity index (χ3v) is 2.20. The molecule has 13 heavy (non-hydrogen) atoms. The van der Waals surface area contributed by atoms with Gasteiger partial charge < -0.3 is 5.73 Å². The average Bonchev–Trinajstić information content (AvgIpc) is 2.52. The van der Waals surface area contributed by atoms with Gasteiger partial charge >= 0.3 is 0 Å². The Morgan fingerprint density at radius 1 is 1.31 bits per heavy atom. The van der Waals surface area contributed by atoms with Crippen molar-refractivity contribution in [2.24, 2.45) is 0 Å². The summed E-state index contributed by atoms with van der Waals surface area (Å²) in [7, 11) is 0. The Labute approximate surface area is 78.2 Å². The Hall–Kier alpha value is -1.49. The molecule has 0 saturated heterocycles. The summed E-state index contributed by atoms with van der Waals surface area (Å²) in [6.07, 6.45) is 0. The van der Waals surface area contributed by atoms with Crippen molar-refractivity contribution < 1.29 is 4.39 Å². The highest BCUT2D eigenvalue weighted by Gasteiger charge is 2.10. The van der Waals surface area contributed by atoms with E-state index in [1.54, 1.807) is 18.2 Å². The maximum absolute atomic E-state index is 13.2. The summed E-state index contributed by atoms with van der Waals surface area (Å²) in [5.74, 6) is -0.332. The minimum absolute atomic E-state index is 0.332. The van der Waals surface area contributed by atoms with Crippen molar-refractivity contribution in [2.45, 2.75) is 0 Å². The molecular formula is C8H6FN3S. The van der Waals surface area contributed by atoms with E-state index in [4.69, 9.17) is 5.73 Å². The molecule has 0 saturated carbocycles. The monoisotopic (exact) mass is 195 g/mol. The number of benzene rings is 1. The van der Waals surface area contributed by atoms with Crippen LogP contribution < -0.4 is 5.73 Å². The molecule has 0 fully saturated rings. The molecule has 3 nitrogen and oxygen atoms in total. The third-order valence-electron chi connectivity index (χ3n) is 1.64. The molecule has 2 rings (SSSR count). The first-order valence-electron chi connectivity index (χ1n) is 3.62. The van der Waals surface area contributed by atoms with Crippen LogP contribution in [0.15, 0.2) is 24.3 Å². The van der Waals surface area contributed by atoms with Crippen LogP contribution in [0.5, 0.6) is 0 Å². The van der Waals surface area contributed by atoms with Crippen LogP contribution in [0.3, 0.4) is 0 Å². The molecule has 0 bridgehead atoms. The van der Waals surface area contributed by atoms with Crippen LogP contribution in [0.25, 0.3) is 11.3 Å². The number of nitrogens with two attached hydrogens (primary N) is 1. The standard InChI is InChI=1S/C8H6FN3S/c9-6-4-2-1-3-5(6)7-8(10)13-12-11-7/h1-4H,10H2. The van der Waals surface area contributed by atoms with Crippen molar-refractivity contribution in [2.75, 3.05) is 5.73 Å². The molecule has 2 aromatic rings. The number of rotatable bonds is 1. The fourth-order valence-corrected chi connectivity index (χ4v) is 1.49. The second-order valence-corrected chi connectivity index (χ2v) is 3.25. The number of nitrogens with zero attached hydrogens (tertiary/aromatic N) is 2. The van der Waals surface area contributed by atoms with E-state index in [-0.39, 0.29) is 5.82 Å². The van der Waals surface area contributed by atoms with Crippen LogP contribution in [0.4, 0.5) is 9.39 Å². The van der Waals surface area contributed by atoms with Crippen molar-refractivity contribution in [3.63, 3.8) is 0 Å². The zero-order valence-electron chi connectivity index (χ0n) is 6.57. The van der Waals surface area contributed by atoms with E-state index >= 15 is 0 Å². The number of halogens is 1. The molecule has 0 amide bonds. The molecule has 0 radical (unpaired) electrons. The maximum atomic E-state index is 13.2. The molecule has 1 aromatic heterocycles. The molecule has 1 aromatic carbocycles. The number of anilines is 1. The van der Waals surface area contributed by atoms with Crippen molar-refractivity contribution in [1.82, 2.24) is 9.59 Å². The minimum atomic E-state index is -0.332. The van der Waals surface area contributed by atoms with E-state index in [1.165, 1.54) is 6.07 Å². The van der Waals surface area contributed by atoms with Gasteiger partial charge in [0, 0.05) is 17.1 Å². The summed E-state index contributed by atoms with van der Waals surface area (Å²) < 4.78 is 16.9. The Morgan fingerprint density at radius 3 is 2.69 bits per heavy atom. The minimum Gasteiger partial charge on any atom is -0.387 e. The summed E-state index contributed by atoms with van der Waals surface area (Å²) in [5.41, 5.74) is 6.38. The van der Waals surface area contributed by atoms with Crippen LogP contribution in [-0.2, 0) is 0 Å². The molecule has 0 spiro atoms. The van der Waals surface area contributed by atoms with E-state index in [9.17, 15) is 4.39 Å². The van der Waals surface area contributed by atoms with Gasteiger partial charge in [0.2, 0.25) is 0 Å². The van der Waals surface area contributed by atoms with Crippen LogP contribution in [0.2, 0.25) is 0 Å². The molecule has 1 heterocycles. The molecule has 0 aliphatic carbocycles. The van der Waals surface area contributed by atoms with Crippen LogP contribution in [0.1, 0.15) is 0 Å². The van der Waals surface area contributed by atoms with Crippen molar-refractivity contribution in [3.8, 4) is 11.3 Å². The highest BCUT2D eigenvalue weighted by molar-refractivity contribution is 7.10. The van der Waals surface area contributed by atoms with Gasteiger partial charge in [0.1, 0.15) is 16.5 Å². The van der Waals surface area contributed by atoms with Gasteiger partial charge in [-0.15, -0.1) is 5.10 Å². The molecule has 2 N–H and O–H groups in total. The number of hydrogen-bond acceptors (Lipinski definition) is 4. The second kappa shape index (κ2) is 3.10. The average molecular weight is 195 g/mol. The quantitative estimate of drug-likeness (QED) is 0.756. The van der Waals surface area contributed by atoms with E-state index in [0.29, 0.717) is 16.3 Å². The summed E-state index contributed by atoms with van der Waals surface area (Å²) in [6.45, 7) is 0. The Balaban J connectivity index is 2.59. The van der Waals surface area contributed by atoms with Gasteiger partial charge in [0.25, 0.3) is 0 Å². The fraction of sp³-hybridized carbons (Fsp3) is 0. The second-order valence-electron chi connectivity index (χ2n) is 2.47. The summed E-state index contributed by atoms with van der Waals surface area (Å²) in [4.78, 5) is 0. The highest BCUT2D eigenvalue weighted by Crippen LogP contribution is 2.27. The lowest BCUT2D eigenvalue weighted by atomic mass is 10.1. The summed E-state index contributed by atoms with van der Waals surface area (Å²) in [5, 5.41) is 4.19. The van der Waals surface area contributed by atoms with Crippen LogP contribution >= 0.6 is 11.5 Å². The molecule has 0 aliphatic heterocycles. The predicted octanol–water partition coefficient (Wildman–Crippen LogP) is 1.93. The molecular weight excluding hydrogens is 189 g/mol. The lowest BCUT2D eigenvalue weighted by Crippen LogP contribution is -1.88. The van der Waals surface area contributed by atoms with Gasteiger partial charge in [-0.25, -0.2) is 4.39 Å². The normalized spacial score (nSPS) is 10.2. The lowest BCUT2D eigenvalue weighted by molar-refractivity contribution is 0.630. The Bertz CT molecular complexity index is 427. The first-order valence-corrected chi connectivity index (χ1v) is 4.39. The van der Waals surface area contributed by atoms with Crippen molar-refractivity contribution >= 4 is 16.5 Å². The zero-order chi connectivity index (χ0) is 9.26. The highest BCUT2D eigenvalue weighted by atomic mass is 32.1. The van der Waals surface area contributed by atoms with Crippen molar-refractivity contribution in [1.29, 1.82) is 0 Å². The predicted molar refractivity (Wildman–Crippen MR) is 49.7 cm³/mol.